The van der Waals surface area contributed by atoms with E-state index in [9.17, 15) is 31.3 Å². The number of nitrogens with zero attached hydrogens (tertiary/aromatic N) is 4. The van der Waals surface area contributed by atoms with Crippen molar-refractivity contribution in [3.05, 3.63) is 118 Å². The minimum Gasteiger partial charge on any atom is -0.747 e. The van der Waals surface area contributed by atoms with E-state index in [0.717, 1.165) is 24.1 Å². The van der Waals surface area contributed by atoms with E-state index in [1.165, 1.54) is 49.0 Å². The van der Waals surface area contributed by atoms with Gasteiger partial charge in [0.15, 0.2) is 0 Å². The van der Waals surface area contributed by atoms with E-state index in [2.05, 4.69) is 4.90 Å². The minimum atomic E-state index is -4.45. The van der Waals surface area contributed by atoms with Crippen LogP contribution in [0.15, 0.2) is 95.8 Å². The van der Waals surface area contributed by atoms with Gasteiger partial charge in [-0.05, 0) is 62.5 Å². The van der Waals surface area contributed by atoms with Crippen molar-refractivity contribution in [2.75, 3.05) is 43.7 Å². The zero-order valence-corrected chi connectivity index (χ0v) is 32.4. The molecule has 2 heterocycles. The predicted octanol–water partition coefficient (Wildman–Crippen LogP) is 0.730. The van der Waals surface area contributed by atoms with Gasteiger partial charge in [-0.15, -0.1) is 0 Å². The molecule has 262 valence electrons. The molecule has 0 saturated carbocycles. The van der Waals surface area contributed by atoms with Crippen LogP contribution >= 0.6 is 0 Å². The Balaban J connectivity index is 0.000000294. The smallest absolute Gasteiger partial charge is 0.747 e. The zero-order valence-electron chi connectivity index (χ0n) is 28.8. The second-order valence-electron chi connectivity index (χ2n) is 11.8. The van der Waals surface area contributed by atoms with Crippen molar-refractivity contribution in [2.24, 2.45) is 7.05 Å². The van der Waals surface area contributed by atoms with E-state index in [-0.39, 0.29) is 40.8 Å². The van der Waals surface area contributed by atoms with Crippen LogP contribution in [0.1, 0.15) is 42.5 Å². The maximum Gasteiger partial charge on any atom is 1.00 e. The van der Waals surface area contributed by atoms with Gasteiger partial charge in [-0.2, -0.15) is 8.42 Å². The number of likely N-dealkylation sites (tertiary alicyclic amines) is 1. The third kappa shape index (κ3) is 13.1. The molecule has 0 amide bonds. The van der Waals surface area contributed by atoms with Crippen LogP contribution in [0.4, 0.5) is 5.69 Å². The quantitative estimate of drug-likeness (QED) is 0.186. The Morgan fingerprint density at radius 2 is 1.27 bits per heavy atom. The summed E-state index contributed by atoms with van der Waals surface area (Å²) >= 11 is 0. The first-order valence-corrected chi connectivity index (χ1v) is 18.9. The molecule has 2 N–H and O–H groups in total. The molecule has 3 aromatic carbocycles. The number of aromatic nitrogens is 2. The van der Waals surface area contributed by atoms with Crippen LogP contribution in [0.3, 0.4) is 0 Å². The van der Waals surface area contributed by atoms with Gasteiger partial charge in [0.1, 0.15) is 27.3 Å². The summed E-state index contributed by atoms with van der Waals surface area (Å²) in [5.41, 5.74) is 2.14. The first-order chi connectivity index (χ1) is 22.5. The summed E-state index contributed by atoms with van der Waals surface area (Å²) in [6.07, 6.45) is 5.37. The third-order valence-corrected chi connectivity index (χ3v) is 8.70. The molecule has 4 aromatic rings. The number of piperidine rings is 1. The Kier molecular flexibility index (Phi) is 16.4. The van der Waals surface area contributed by atoms with Gasteiger partial charge < -0.3 is 19.5 Å². The van der Waals surface area contributed by atoms with Crippen molar-refractivity contribution in [1.82, 2.24) is 14.3 Å². The molecule has 0 radical (unpaired) electrons. The largest absolute Gasteiger partial charge is 1.00 e. The summed E-state index contributed by atoms with van der Waals surface area (Å²) in [5, 5.41) is 11.5. The van der Waals surface area contributed by atoms with E-state index in [1.54, 1.807) is 42.9 Å². The van der Waals surface area contributed by atoms with Gasteiger partial charge >= 0.3 is 29.6 Å². The van der Waals surface area contributed by atoms with Crippen LogP contribution in [0.2, 0.25) is 0 Å². The van der Waals surface area contributed by atoms with Crippen LogP contribution < -0.4 is 40.0 Å². The van der Waals surface area contributed by atoms with Gasteiger partial charge in [-0.1, -0.05) is 85.3 Å². The monoisotopic (exact) mass is 724 g/mol. The molecular formula is C34H45N4NaO8S2. The summed E-state index contributed by atoms with van der Waals surface area (Å²) in [6, 6.07) is 29.1. The predicted molar refractivity (Wildman–Crippen MR) is 187 cm³/mol. The molecule has 0 spiro atoms. The molecule has 1 aromatic heterocycles. The van der Waals surface area contributed by atoms with E-state index in [4.69, 9.17) is 4.55 Å². The van der Waals surface area contributed by atoms with Gasteiger partial charge in [-0.3, -0.25) is 14.0 Å². The minimum absolute atomic E-state index is 0. The number of hydrogen-bond acceptors (Lipinski definition) is 9. The number of anilines is 1. The van der Waals surface area contributed by atoms with Crippen molar-refractivity contribution in [2.45, 2.75) is 38.2 Å². The zero-order chi connectivity index (χ0) is 35.5. The van der Waals surface area contributed by atoms with Crippen molar-refractivity contribution in [1.29, 1.82) is 0 Å². The number of aliphatic hydroxyl groups is 1. The Bertz CT molecular complexity index is 1820. The van der Waals surface area contributed by atoms with E-state index < -0.39 is 31.7 Å². The van der Waals surface area contributed by atoms with Crippen molar-refractivity contribution in [3.8, 4) is 5.69 Å². The maximum absolute atomic E-state index is 12.5. The SMILES string of the molecule is CS(=O)(=O)O.Cc1c(N(C)CS(=O)(=O)[O-])c(=O)n(-c2ccccc2)n1C.OC(CCN1CCCCC1)(c1ccccc1)c1ccccc1.[Na+]. The summed E-state index contributed by atoms with van der Waals surface area (Å²) < 4.78 is 61.6. The standard InChI is InChI=1S/C20H25NO.C13H17N3O4S.CH4O3S.Na/c22-20(18-10-4-1-5-11-18,19-12-6-2-7-13-19)14-17-21-15-8-3-9-16-21;1-10-12(14(2)9-21(18,19)20)13(17)16(15(10)3)11-7-5-4-6-8-11;1-5(2,3)4;/h1-2,4-7,10-13,22H,3,8-9,14-17H2;4-8H,9H2,1-3H3,(H,18,19,20);1H3,(H,2,3,4);/q;;;+1/p-1. The van der Waals surface area contributed by atoms with Gasteiger partial charge in [0.25, 0.3) is 15.7 Å². The summed E-state index contributed by atoms with van der Waals surface area (Å²) in [6.45, 7) is 4.98. The first-order valence-electron chi connectivity index (χ1n) is 15.5. The van der Waals surface area contributed by atoms with Crippen molar-refractivity contribution in [3.63, 3.8) is 0 Å². The van der Waals surface area contributed by atoms with E-state index in [0.29, 0.717) is 17.6 Å². The fourth-order valence-electron chi connectivity index (χ4n) is 5.68. The Morgan fingerprint density at radius 3 is 1.69 bits per heavy atom. The van der Waals surface area contributed by atoms with Crippen molar-refractivity contribution < 1.29 is 60.6 Å². The second-order valence-corrected chi connectivity index (χ2v) is 14.6. The van der Waals surface area contributed by atoms with Crippen LogP contribution in [0, 0.1) is 6.92 Å². The van der Waals surface area contributed by atoms with Crippen LogP contribution in [0.5, 0.6) is 0 Å². The average Bonchev–Trinajstić information content (AvgIpc) is 3.27. The molecule has 1 aliphatic heterocycles. The molecule has 1 saturated heterocycles. The fourth-order valence-corrected chi connectivity index (χ4v) is 6.28. The summed E-state index contributed by atoms with van der Waals surface area (Å²) in [5.74, 6) is -0.748. The second kappa shape index (κ2) is 19.0. The van der Waals surface area contributed by atoms with Gasteiger partial charge in [0, 0.05) is 20.6 Å². The summed E-state index contributed by atoms with van der Waals surface area (Å²) in [7, 11) is -5.01. The molecule has 49 heavy (non-hydrogen) atoms. The molecule has 1 aliphatic rings. The van der Waals surface area contributed by atoms with Crippen LogP contribution in [-0.2, 0) is 32.9 Å². The molecule has 0 atom stereocenters. The number of hydrogen-bond donors (Lipinski definition) is 2. The Morgan fingerprint density at radius 1 is 0.837 bits per heavy atom. The number of benzene rings is 3. The van der Waals surface area contributed by atoms with Crippen LogP contribution in [-0.4, -0.2) is 84.1 Å². The van der Waals surface area contributed by atoms with Crippen molar-refractivity contribution >= 4 is 25.9 Å². The topological polar surface area (TPSA) is 165 Å². The molecule has 12 nitrogen and oxygen atoms in total. The number of para-hydroxylation sites is 1. The summed E-state index contributed by atoms with van der Waals surface area (Å²) in [4.78, 5) is 16.2. The molecule has 15 heteroatoms. The van der Waals surface area contributed by atoms with Gasteiger partial charge in [0.2, 0.25) is 0 Å². The Hall–Kier alpha value is -2.79. The molecule has 5 rings (SSSR count). The molecule has 1 fully saturated rings. The van der Waals surface area contributed by atoms with E-state index in [1.807, 2.05) is 66.7 Å². The van der Waals surface area contributed by atoms with E-state index >= 15 is 0 Å². The normalized spacial score (nSPS) is 13.6. The van der Waals surface area contributed by atoms with Gasteiger partial charge in [0.05, 0.1) is 17.6 Å². The van der Waals surface area contributed by atoms with Gasteiger partial charge in [-0.25, -0.2) is 13.1 Å². The molecule has 0 unspecified atom stereocenters. The maximum atomic E-state index is 12.5. The molecular weight excluding hydrogens is 680 g/mol. The fraction of sp³-hybridized carbons (Fsp3) is 0.382. The first kappa shape index (κ1) is 42.4. The Labute approximate surface area is 311 Å². The number of rotatable bonds is 9. The molecule has 0 aliphatic carbocycles. The molecule has 0 bridgehead atoms. The average molecular weight is 725 g/mol. The third-order valence-electron chi connectivity index (χ3n) is 8.00. The van der Waals surface area contributed by atoms with Crippen LogP contribution in [0.25, 0.3) is 5.69 Å².